The molecule has 0 saturated heterocycles. The Balaban J connectivity index is 1.49. The summed E-state index contributed by atoms with van der Waals surface area (Å²) in [6.45, 7) is 2.84. The van der Waals surface area contributed by atoms with E-state index in [1.54, 1.807) is 18.3 Å². The number of hydrogen-bond donors (Lipinski definition) is 2. The van der Waals surface area contributed by atoms with Crippen LogP contribution in [0.25, 0.3) is 11.3 Å². The van der Waals surface area contributed by atoms with Crippen LogP contribution in [0.2, 0.25) is 0 Å². The summed E-state index contributed by atoms with van der Waals surface area (Å²) in [5, 5.41) is 12.6. The van der Waals surface area contributed by atoms with Gasteiger partial charge < -0.3 is 15.2 Å². The van der Waals surface area contributed by atoms with Crippen molar-refractivity contribution in [3.8, 4) is 22.8 Å². The fourth-order valence-corrected chi connectivity index (χ4v) is 3.60. The van der Waals surface area contributed by atoms with Crippen LogP contribution in [0.5, 0.6) is 11.5 Å². The molecular weight excluding hydrogens is 426 g/mol. The van der Waals surface area contributed by atoms with E-state index in [2.05, 4.69) is 10.3 Å². The standard InChI is InChI=1S/C28H27N3O3/c1-2-34-24-14-8-21(9-15-24)17-28(33)30-19-27-25(16-20-6-4-3-5-7-20)31-26(18-29-27)22-10-12-23(32)13-11-22/h3-15,18,32H,2,16-17,19H2,1H3,(H,30,33). The van der Waals surface area contributed by atoms with E-state index >= 15 is 0 Å². The van der Waals surface area contributed by atoms with Gasteiger partial charge in [-0.1, -0.05) is 42.5 Å². The molecule has 0 saturated carbocycles. The summed E-state index contributed by atoms with van der Waals surface area (Å²) >= 11 is 0. The molecule has 0 aliphatic rings. The topological polar surface area (TPSA) is 84.3 Å². The van der Waals surface area contributed by atoms with Crippen LogP contribution >= 0.6 is 0 Å². The van der Waals surface area contributed by atoms with Gasteiger partial charge in [0.05, 0.1) is 42.9 Å². The Labute approximate surface area is 199 Å². The highest BCUT2D eigenvalue weighted by Crippen LogP contribution is 2.22. The van der Waals surface area contributed by atoms with Crippen molar-refractivity contribution in [1.82, 2.24) is 15.3 Å². The Bertz CT molecular complexity index is 1220. The minimum absolute atomic E-state index is 0.0840. The lowest BCUT2D eigenvalue weighted by Gasteiger charge is -2.12. The number of nitrogens with one attached hydrogen (secondary N) is 1. The summed E-state index contributed by atoms with van der Waals surface area (Å²) in [5.41, 5.74) is 5.14. The Kier molecular flexibility index (Phi) is 7.50. The predicted molar refractivity (Wildman–Crippen MR) is 132 cm³/mol. The predicted octanol–water partition coefficient (Wildman–Crippen LogP) is 4.70. The van der Waals surface area contributed by atoms with E-state index in [4.69, 9.17) is 9.72 Å². The van der Waals surface area contributed by atoms with Gasteiger partial charge in [0.1, 0.15) is 11.5 Å². The molecule has 6 nitrogen and oxygen atoms in total. The van der Waals surface area contributed by atoms with Gasteiger partial charge in [-0.25, -0.2) is 4.98 Å². The van der Waals surface area contributed by atoms with Gasteiger partial charge in [-0.15, -0.1) is 0 Å². The van der Waals surface area contributed by atoms with E-state index in [0.29, 0.717) is 19.6 Å². The number of nitrogens with zero attached hydrogens (tertiary/aromatic N) is 2. The molecule has 2 N–H and O–H groups in total. The Morgan fingerprint density at radius 1 is 0.912 bits per heavy atom. The Hall–Kier alpha value is -4.19. The van der Waals surface area contributed by atoms with E-state index < -0.39 is 0 Å². The molecule has 172 valence electrons. The Morgan fingerprint density at radius 2 is 1.65 bits per heavy atom. The number of ether oxygens (including phenoxy) is 1. The molecule has 4 aromatic rings. The first-order valence-electron chi connectivity index (χ1n) is 11.3. The molecule has 3 aromatic carbocycles. The first-order chi connectivity index (χ1) is 16.6. The minimum atomic E-state index is -0.0840. The molecule has 0 bridgehead atoms. The van der Waals surface area contributed by atoms with Crippen LogP contribution in [-0.2, 0) is 24.2 Å². The highest BCUT2D eigenvalue weighted by atomic mass is 16.5. The van der Waals surface area contributed by atoms with Crippen LogP contribution in [0, 0.1) is 0 Å². The number of amides is 1. The molecule has 1 amide bonds. The normalized spacial score (nSPS) is 10.6. The average molecular weight is 454 g/mol. The maximum Gasteiger partial charge on any atom is 0.224 e. The zero-order valence-electron chi connectivity index (χ0n) is 19.1. The minimum Gasteiger partial charge on any atom is -0.508 e. The first kappa shape index (κ1) is 23.0. The Morgan fingerprint density at radius 3 is 2.35 bits per heavy atom. The molecule has 0 aliphatic carbocycles. The van der Waals surface area contributed by atoms with Crippen molar-refractivity contribution in [2.45, 2.75) is 26.3 Å². The average Bonchev–Trinajstić information content (AvgIpc) is 2.86. The summed E-state index contributed by atoms with van der Waals surface area (Å²) in [4.78, 5) is 22.0. The number of carbonyl (C=O) groups is 1. The van der Waals surface area contributed by atoms with Crippen LogP contribution in [0.4, 0.5) is 0 Å². The van der Waals surface area contributed by atoms with E-state index in [1.165, 1.54) is 0 Å². The quantitative estimate of drug-likeness (QED) is 0.384. The molecular formula is C28H27N3O3. The summed E-state index contributed by atoms with van der Waals surface area (Å²) in [6.07, 6.45) is 2.58. The lowest BCUT2D eigenvalue weighted by molar-refractivity contribution is -0.120. The van der Waals surface area contributed by atoms with E-state index in [-0.39, 0.29) is 18.1 Å². The first-order valence-corrected chi connectivity index (χ1v) is 11.3. The van der Waals surface area contributed by atoms with Crippen LogP contribution in [0.3, 0.4) is 0 Å². The molecule has 0 fully saturated rings. The van der Waals surface area contributed by atoms with Crippen molar-refractivity contribution < 1.29 is 14.6 Å². The second-order valence-corrected chi connectivity index (χ2v) is 7.89. The third-order valence-electron chi connectivity index (χ3n) is 5.36. The van der Waals surface area contributed by atoms with Crippen LogP contribution in [0.15, 0.2) is 85.1 Å². The SMILES string of the molecule is CCOc1ccc(CC(=O)NCc2ncc(-c3ccc(O)cc3)nc2Cc2ccccc2)cc1. The second kappa shape index (κ2) is 11.1. The molecule has 1 aromatic heterocycles. The fraction of sp³-hybridized carbons (Fsp3) is 0.179. The summed E-state index contributed by atoms with van der Waals surface area (Å²) in [6, 6.07) is 24.5. The van der Waals surface area contributed by atoms with Crippen molar-refractivity contribution in [3.05, 3.63) is 108 Å². The molecule has 0 unspecified atom stereocenters. The van der Waals surface area contributed by atoms with Gasteiger partial charge in [0.2, 0.25) is 5.91 Å². The van der Waals surface area contributed by atoms with E-state index in [1.807, 2.05) is 73.7 Å². The molecule has 0 radical (unpaired) electrons. The number of hydrogen-bond acceptors (Lipinski definition) is 5. The molecule has 34 heavy (non-hydrogen) atoms. The van der Waals surface area contributed by atoms with Gasteiger partial charge in [-0.3, -0.25) is 9.78 Å². The summed E-state index contributed by atoms with van der Waals surface area (Å²) in [5.74, 6) is 0.911. The molecule has 6 heteroatoms. The second-order valence-electron chi connectivity index (χ2n) is 7.89. The lowest BCUT2D eigenvalue weighted by atomic mass is 10.1. The number of carbonyl (C=O) groups excluding carboxylic acids is 1. The van der Waals surface area contributed by atoms with Crippen molar-refractivity contribution in [3.63, 3.8) is 0 Å². The third kappa shape index (κ3) is 6.19. The maximum absolute atomic E-state index is 12.6. The van der Waals surface area contributed by atoms with Gasteiger partial charge in [-0.05, 0) is 54.4 Å². The lowest BCUT2D eigenvalue weighted by Crippen LogP contribution is -2.26. The van der Waals surface area contributed by atoms with Gasteiger partial charge in [0, 0.05) is 12.0 Å². The van der Waals surface area contributed by atoms with Gasteiger partial charge in [-0.2, -0.15) is 0 Å². The molecule has 0 aliphatic heterocycles. The highest BCUT2D eigenvalue weighted by molar-refractivity contribution is 5.78. The summed E-state index contributed by atoms with van der Waals surface area (Å²) < 4.78 is 5.45. The van der Waals surface area contributed by atoms with Crippen LogP contribution in [0.1, 0.15) is 29.4 Å². The number of aromatic hydroxyl groups is 1. The molecule has 1 heterocycles. The number of benzene rings is 3. The molecule has 4 rings (SSSR count). The van der Waals surface area contributed by atoms with Gasteiger partial charge in [0.25, 0.3) is 0 Å². The zero-order valence-corrected chi connectivity index (χ0v) is 19.1. The fourth-order valence-electron chi connectivity index (χ4n) is 3.60. The zero-order chi connectivity index (χ0) is 23.8. The number of phenolic OH excluding ortho intramolecular Hbond substituents is 1. The van der Waals surface area contributed by atoms with E-state index in [9.17, 15) is 9.90 Å². The van der Waals surface area contributed by atoms with Gasteiger partial charge in [0.15, 0.2) is 0 Å². The smallest absolute Gasteiger partial charge is 0.224 e. The van der Waals surface area contributed by atoms with Crippen molar-refractivity contribution in [1.29, 1.82) is 0 Å². The van der Waals surface area contributed by atoms with Crippen molar-refractivity contribution in [2.75, 3.05) is 6.61 Å². The third-order valence-corrected chi connectivity index (χ3v) is 5.36. The van der Waals surface area contributed by atoms with Crippen LogP contribution < -0.4 is 10.1 Å². The monoisotopic (exact) mass is 453 g/mol. The molecule has 0 spiro atoms. The number of aromatic nitrogens is 2. The number of phenols is 1. The largest absolute Gasteiger partial charge is 0.508 e. The van der Waals surface area contributed by atoms with Crippen molar-refractivity contribution >= 4 is 5.91 Å². The molecule has 0 atom stereocenters. The summed E-state index contributed by atoms with van der Waals surface area (Å²) in [7, 11) is 0. The van der Waals surface area contributed by atoms with Crippen molar-refractivity contribution in [2.24, 2.45) is 0 Å². The number of rotatable bonds is 9. The van der Waals surface area contributed by atoms with Gasteiger partial charge >= 0.3 is 0 Å². The highest BCUT2D eigenvalue weighted by Gasteiger charge is 2.12. The maximum atomic E-state index is 12.6. The van der Waals surface area contributed by atoms with Crippen LogP contribution in [-0.4, -0.2) is 27.6 Å². The van der Waals surface area contributed by atoms with E-state index in [0.717, 1.165) is 39.5 Å².